The number of hydrogen-bond donors (Lipinski definition) is 1. The minimum Gasteiger partial charge on any atom is -0.337 e. The number of aromatic nitrogens is 2. The largest absolute Gasteiger partial charge is 0.337 e. The lowest BCUT2D eigenvalue weighted by molar-refractivity contribution is 0.725. The van der Waals surface area contributed by atoms with Crippen LogP contribution in [0.4, 0.5) is 0 Å². The first-order valence-corrected chi connectivity index (χ1v) is 7.16. The van der Waals surface area contributed by atoms with Gasteiger partial charge in [-0.25, -0.2) is 4.98 Å². The molecule has 4 heteroatoms. The van der Waals surface area contributed by atoms with Crippen molar-refractivity contribution in [3.63, 3.8) is 0 Å². The molecule has 0 bridgehead atoms. The molecular formula is C14H19N3S. The Kier molecular flexibility index (Phi) is 4.84. The number of hydrogen-bond acceptors (Lipinski definition) is 3. The van der Waals surface area contributed by atoms with Crippen LogP contribution in [0.2, 0.25) is 0 Å². The van der Waals surface area contributed by atoms with E-state index in [-0.39, 0.29) is 0 Å². The van der Waals surface area contributed by atoms with E-state index in [0.29, 0.717) is 0 Å². The fraction of sp³-hybridized carbons (Fsp3) is 0.357. The molecule has 0 radical (unpaired) electrons. The third-order valence-corrected chi connectivity index (χ3v) is 3.81. The van der Waals surface area contributed by atoms with Crippen molar-refractivity contribution in [1.82, 2.24) is 14.9 Å². The molecule has 0 unspecified atom stereocenters. The molecule has 0 aliphatic carbocycles. The topological polar surface area (TPSA) is 29.9 Å². The molecule has 1 N–H and O–H groups in total. The summed E-state index contributed by atoms with van der Waals surface area (Å²) in [4.78, 5) is 5.44. The number of benzene rings is 1. The van der Waals surface area contributed by atoms with Gasteiger partial charge in [0.1, 0.15) is 0 Å². The van der Waals surface area contributed by atoms with E-state index in [4.69, 9.17) is 0 Å². The van der Waals surface area contributed by atoms with Gasteiger partial charge in [0.15, 0.2) is 0 Å². The van der Waals surface area contributed by atoms with E-state index in [2.05, 4.69) is 46.1 Å². The minimum atomic E-state index is 0.941. The molecule has 0 aliphatic rings. The van der Waals surface area contributed by atoms with Crippen LogP contribution >= 0.6 is 11.8 Å². The fourth-order valence-corrected chi connectivity index (χ4v) is 2.70. The lowest BCUT2D eigenvalue weighted by Gasteiger charge is -2.06. The highest BCUT2D eigenvalue weighted by Gasteiger charge is 2.01. The zero-order valence-corrected chi connectivity index (χ0v) is 11.7. The first-order valence-electron chi connectivity index (χ1n) is 6.17. The first-order chi connectivity index (χ1) is 8.79. The monoisotopic (exact) mass is 261 g/mol. The highest BCUT2D eigenvalue weighted by atomic mass is 32.2. The van der Waals surface area contributed by atoms with Gasteiger partial charge in [0.2, 0.25) is 0 Å². The fourth-order valence-electron chi connectivity index (χ4n) is 1.70. The molecule has 96 valence electrons. The average molecular weight is 261 g/mol. The summed E-state index contributed by atoms with van der Waals surface area (Å²) in [5.74, 6) is 0.959. The van der Waals surface area contributed by atoms with E-state index in [1.54, 1.807) is 0 Å². The maximum Gasteiger partial charge on any atom is 0.0945 e. The second kappa shape index (κ2) is 6.61. The number of thioether (sulfide) groups is 1. The smallest absolute Gasteiger partial charge is 0.0945 e. The number of rotatable bonds is 6. The second-order valence-corrected chi connectivity index (χ2v) is 5.26. The van der Waals surface area contributed by atoms with E-state index in [0.717, 1.165) is 18.8 Å². The summed E-state index contributed by atoms with van der Waals surface area (Å²) in [5, 5.41) is 3.35. The number of aryl methyl sites for hydroxylation is 1. The second-order valence-electron chi connectivity index (χ2n) is 4.21. The maximum atomic E-state index is 4.13. The molecule has 2 rings (SSSR count). The molecule has 3 nitrogen and oxygen atoms in total. The average Bonchev–Trinajstić information content (AvgIpc) is 2.80. The summed E-state index contributed by atoms with van der Waals surface area (Å²) in [7, 11) is 2.03. The van der Waals surface area contributed by atoms with Gasteiger partial charge in [-0.1, -0.05) is 19.1 Å². The van der Waals surface area contributed by atoms with Gasteiger partial charge in [0, 0.05) is 36.1 Å². The van der Waals surface area contributed by atoms with E-state index >= 15 is 0 Å². The van der Waals surface area contributed by atoms with Gasteiger partial charge < -0.3 is 9.88 Å². The van der Waals surface area contributed by atoms with Crippen LogP contribution < -0.4 is 5.32 Å². The summed E-state index contributed by atoms with van der Waals surface area (Å²) in [6, 6.07) is 8.70. The van der Waals surface area contributed by atoms with Gasteiger partial charge in [0.25, 0.3) is 0 Å². The highest BCUT2D eigenvalue weighted by Crippen LogP contribution is 2.23. The SMILES string of the molecule is CCNCc1cccc(SCc2cncn2C)c1. The van der Waals surface area contributed by atoms with Crippen LogP contribution in [0.3, 0.4) is 0 Å². The molecular weight excluding hydrogens is 242 g/mol. The summed E-state index contributed by atoms with van der Waals surface area (Å²) in [5.41, 5.74) is 2.59. The quantitative estimate of drug-likeness (QED) is 0.811. The van der Waals surface area contributed by atoms with Gasteiger partial charge in [-0.3, -0.25) is 0 Å². The van der Waals surface area contributed by atoms with Crippen molar-refractivity contribution in [3.05, 3.63) is 48.0 Å². The van der Waals surface area contributed by atoms with Gasteiger partial charge in [-0.15, -0.1) is 11.8 Å². The van der Waals surface area contributed by atoms with Crippen molar-refractivity contribution in [2.24, 2.45) is 7.05 Å². The Balaban J connectivity index is 1.95. The van der Waals surface area contributed by atoms with Crippen LogP contribution in [0.5, 0.6) is 0 Å². The van der Waals surface area contributed by atoms with Crippen LogP contribution in [0.1, 0.15) is 18.2 Å². The molecule has 0 aliphatic heterocycles. The highest BCUT2D eigenvalue weighted by molar-refractivity contribution is 7.98. The van der Waals surface area contributed by atoms with Crippen molar-refractivity contribution in [1.29, 1.82) is 0 Å². The zero-order chi connectivity index (χ0) is 12.8. The van der Waals surface area contributed by atoms with Crippen molar-refractivity contribution in [2.45, 2.75) is 24.1 Å². The lowest BCUT2D eigenvalue weighted by atomic mass is 10.2. The molecule has 0 atom stereocenters. The Bertz CT molecular complexity index is 493. The first kappa shape index (κ1) is 13.2. The van der Waals surface area contributed by atoms with Crippen molar-refractivity contribution >= 4 is 11.8 Å². The third-order valence-electron chi connectivity index (χ3n) is 2.78. The van der Waals surface area contributed by atoms with Crippen LogP contribution in [0.25, 0.3) is 0 Å². The van der Waals surface area contributed by atoms with Gasteiger partial charge in [-0.2, -0.15) is 0 Å². The van der Waals surface area contributed by atoms with E-state index in [1.165, 1.54) is 16.2 Å². The minimum absolute atomic E-state index is 0.941. The maximum absolute atomic E-state index is 4.13. The molecule has 0 spiro atoms. The number of nitrogens with zero attached hydrogens (tertiary/aromatic N) is 2. The summed E-state index contributed by atoms with van der Waals surface area (Å²) in [6.07, 6.45) is 3.77. The van der Waals surface area contributed by atoms with Crippen molar-refractivity contribution < 1.29 is 0 Å². The Morgan fingerprint density at radius 2 is 2.28 bits per heavy atom. The molecule has 0 amide bonds. The van der Waals surface area contributed by atoms with Crippen LogP contribution in [0, 0.1) is 0 Å². The third kappa shape index (κ3) is 3.62. The number of imidazole rings is 1. The Morgan fingerprint density at radius 1 is 1.39 bits per heavy atom. The molecule has 0 saturated carbocycles. The van der Waals surface area contributed by atoms with E-state index in [1.807, 2.05) is 31.3 Å². The molecule has 1 heterocycles. The van der Waals surface area contributed by atoms with Crippen molar-refractivity contribution in [3.8, 4) is 0 Å². The molecule has 1 aromatic carbocycles. The molecule has 18 heavy (non-hydrogen) atoms. The lowest BCUT2D eigenvalue weighted by Crippen LogP contribution is -2.11. The molecule has 0 saturated heterocycles. The molecule has 0 fully saturated rings. The zero-order valence-electron chi connectivity index (χ0n) is 10.9. The predicted octanol–water partition coefficient (Wildman–Crippen LogP) is 2.82. The summed E-state index contributed by atoms with van der Waals surface area (Å²) >= 11 is 1.85. The predicted molar refractivity (Wildman–Crippen MR) is 76.6 cm³/mol. The summed E-state index contributed by atoms with van der Waals surface area (Å²) in [6.45, 7) is 4.07. The Morgan fingerprint density at radius 3 is 3.00 bits per heavy atom. The Hall–Kier alpha value is -1.26. The van der Waals surface area contributed by atoms with Crippen LogP contribution in [-0.4, -0.2) is 16.1 Å². The standard InChI is InChI=1S/C14H19N3S/c1-3-15-8-12-5-4-6-14(7-12)18-10-13-9-16-11-17(13)2/h4-7,9,11,15H,3,8,10H2,1-2H3. The van der Waals surface area contributed by atoms with E-state index < -0.39 is 0 Å². The molecule has 2 aromatic rings. The number of nitrogens with one attached hydrogen (secondary N) is 1. The van der Waals surface area contributed by atoms with Gasteiger partial charge in [0.05, 0.1) is 6.33 Å². The van der Waals surface area contributed by atoms with Gasteiger partial charge in [-0.05, 0) is 24.2 Å². The Labute approximate surface area is 113 Å². The van der Waals surface area contributed by atoms with Gasteiger partial charge >= 0.3 is 0 Å². The summed E-state index contributed by atoms with van der Waals surface area (Å²) < 4.78 is 2.06. The normalized spacial score (nSPS) is 10.8. The van der Waals surface area contributed by atoms with Crippen LogP contribution in [0.15, 0.2) is 41.7 Å². The van der Waals surface area contributed by atoms with Crippen LogP contribution in [-0.2, 0) is 19.3 Å². The van der Waals surface area contributed by atoms with Crippen molar-refractivity contribution in [2.75, 3.05) is 6.54 Å². The van der Waals surface area contributed by atoms with E-state index in [9.17, 15) is 0 Å². The molecule has 1 aromatic heterocycles.